The zero-order valence-electron chi connectivity index (χ0n) is 9.13. The highest BCUT2D eigenvalue weighted by Gasteiger charge is 2.02. The fraction of sp³-hybridized carbons (Fsp3) is 0.364. The van der Waals surface area contributed by atoms with Crippen molar-refractivity contribution in [3.05, 3.63) is 28.2 Å². The number of hydrogen-bond acceptors (Lipinski definition) is 3. The van der Waals surface area contributed by atoms with Gasteiger partial charge >= 0.3 is 0 Å². The van der Waals surface area contributed by atoms with Crippen molar-refractivity contribution < 1.29 is 4.74 Å². The van der Waals surface area contributed by atoms with Crippen molar-refractivity contribution in [1.82, 2.24) is 0 Å². The van der Waals surface area contributed by atoms with Crippen LogP contribution in [-0.4, -0.2) is 24.7 Å². The van der Waals surface area contributed by atoms with E-state index in [1.807, 2.05) is 25.1 Å². The van der Waals surface area contributed by atoms with Crippen molar-refractivity contribution >= 4 is 38.8 Å². The van der Waals surface area contributed by atoms with E-state index in [0.29, 0.717) is 11.6 Å². The van der Waals surface area contributed by atoms with E-state index >= 15 is 0 Å². The summed E-state index contributed by atoms with van der Waals surface area (Å²) in [5.41, 5.74) is 7.41. The molecule has 3 N–H and O–H groups in total. The SMILES string of the molecule is CCOCCNc1ccc(C(N)=S)cc1Br. The van der Waals surface area contributed by atoms with Gasteiger partial charge in [0.25, 0.3) is 0 Å². The van der Waals surface area contributed by atoms with Crippen molar-refractivity contribution in [2.24, 2.45) is 5.73 Å². The highest BCUT2D eigenvalue weighted by molar-refractivity contribution is 9.10. The number of rotatable bonds is 6. The average Bonchev–Trinajstić information content (AvgIpc) is 2.26. The standard InChI is InChI=1S/C11H15BrN2OS/c1-2-15-6-5-14-10-4-3-8(11(13)16)7-9(10)12/h3-4,7,14H,2,5-6H2,1H3,(H2,13,16). The first-order chi connectivity index (χ1) is 7.65. The molecule has 3 nitrogen and oxygen atoms in total. The fourth-order valence-electron chi connectivity index (χ4n) is 1.21. The second-order valence-electron chi connectivity index (χ2n) is 3.18. The maximum absolute atomic E-state index is 5.54. The van der Waals surface area contributed by atoms with Gasteiger partial charge in [-0.05, 0) is 41.1 Å². The van der Waals surface area contributed by atoms with E-state index < -0.39 is 0 Å². The van der Waals surface area contributed by atoms with Gasteiger partial charge in [-0.1, -0.05) is 12.2 Å². The number of nitrogens with one attached hydrogen (secondary N) is 1. The van der Waals surface area contributed by atoms with Crippen LogP contribution >= 0.6 is 28.1 Å². The summed E-state index contributed by atoms with van der Waals surface area (Å²) in [5.74, 6) is 0. The zero-order valence-corrected chi connectivity index (χ0v) is 11.5. The van der Waals surface area contributed by atoms with E-state index in [4.69, 9.17) is 22.7 Å². The van der Waals surface area contributed by atoms with E-state index in [1.165, 1.54) is 0 Å². The summed E-state index contributed by atoms with van der Waals surface area (Å²) in [6.07, 6.45) is 0. The van der Waals surface area contributed by atoms with Crippen molar-refractivity contribution in [2.45, 2.75) is 6.92 Å². The number of anilines is 1. The molecule has 5 heteroatoms. The normalized spacial score (nSPS) is 10.1. The minimum absolute atomic E-state index is 0.404. The molecule has 0 saturated carbocycles. The molecule has 0 heterocycles. The Morgan fingerprint density at radius 3 is 2.88 bits per heavy atom. The summed E-state index contributed by atoms with van der Waals surface area (Å²) < 4.78 is 6.19. The molecular weight excluding hydrogens is 288 g/mol. The molecule has 0 aromatic heterocycles. The Morgan fingerprint density at radius 1 is 1.56 bits per heavy atom. The quantitative estimate of drug-likeness (QED) is 0.626. The van der Waals surface area contributed by atoms with Crippen LogP contribution in [0.2, 0.25) is 0 Å². The number of hydrogen-bond donors (Lipinski definition) is 2. The Labute approximate surface area is 109 Å². The Kier molecular flexibility index (Phi) is 5.73. The van der Waals surface area contributed by atoms with Gasteiger partial charge < -0.3 is 15.8 Å². The second-order valence-corrected chi connectivity index (χ2v) is 4.48. The van der Waals surface area contributed by atoms with Crippen LogP contribution < -0.4 is 11.1 Å². The molecule has 0 aliphatic rings. The zero-order chi connectivity index (χ0) is 12.0. The Hall–Kier alpha value is -0.650. The molecule has 0 bridgehead atoms. The largest absolute Gasteiger partial charge is 0.389 e. The first kappa shape index (κ1) is 13.4. The van der Waals surface area contributed by atoms with Crippen LogP contribution in [-0.2, 0) is 4.74 Å². The van der Waals surface area contributed by atoms with Gasteiger partial charge in [-0.15, -0.1) is 0 Å². The van der Waals surface area contributed by atoms with Crippen molar-refractivity contribution in [3.63, 3.8) is 0 Å². The third-order valence-electron chi connectivity index (χ3n) is 2.02. The maximum atomic E-state index is 5.54. The Balaban J connectivity index is 2.57. The molecule has 1 aromatic carbocycles. The second kappa shape index (κ2) is 6.83. The van der Waals surface area contributed by atoms with E-state index in [2.05, 4.69) is 21.2 Å². The molecule has 0 aliphatic heterocycles. The Morgan fingerprint density at radius 2 is 2.31 bits per heavy atom. The van der Waals surface area contributed by atoms with Gasteiger partial charge in [-0.2, -0.15) is 0 Å². The van der Waals surface area contributed by atoms with Crippen LogP contribution in [0.4, 0.5) is 5.69 Å². The minimum atomic E-state index is 0.404. The van der Waals surface area contributed by atoms with Crippen LogP contribution in [0, 0.1) is 0 Å². The molecule has 0 atom stereocenters. The summed E-state index contributed by atoms with van der Waals surface area (Å²) in [6, 6.07) is 5.76. The molecule has 1 rings (SSSR count). The molecule has 0 radical (unpaired) electrons. The van der Waals surface area contributed by atoms with Gasteiger partial charge in [0, 0.05) is 28.9 Å². The fourth-order valence-corrected chi connectivity index (χ4v) is 1.86. The van der Waals surface area contributed by atoms with Crippen molar-refractivity contribution in [1.29, 1.82) is 0 Å². The molecule has 16 heavy (non-hydrogen) atoms. The average molecular weight is 303 g/mol. The smallest absolute Gasteiger partial charge is 0.104 e. The highest BCUT2D eigenvalue weighted by atomic mass is 79.9. The third kappa shape index (κ3) is 4.08. The molecular formula is C11H15BrN2OS. The van der Waals surface area contributed by atoms with Gasteiger partial charge in [0.05, 0.1) is 6.61 Å². The molecule has 88 valence electrons. The summed E-state index contributed by atoms with van der Waals surface area (Å²) in [6.45, 7) is 4.19. The van der Waals surface area contributed by atoms with E-state index in [0.717, 1.165) is 28.9 Å². The maximum Gasteiger partial charge on any atom is 0.104 e. The summed E-state index contributed by atoms with van der Waals surface area (Å²) in [7, 11) is 0. The number of nitrogens with two attached hydrogens (primary N) is 1. The molecule has 0 spiro atoms. The minimum Gasteiger partial charge on any atom is -0.389 e. The number of ether oxygens (including phenoxy) is 1. The van der Waals surface area contributed by atoms with Crippen LogP contribution in [0.1, 0.15) is 12.5 Å². The first-order valence-corrected chi connectivity index (χ1v) is 6.26. The van der Waals surface area contributed by atoms with Gasteiger partial charge in [0.1, 0.15) is 4.99 Å². The van der Waals surface area contributed by atoms with E-state index in [-0.39, 0.29) is 0 Å². The molecule has 0 fully saturated rings. The van der Waals surface area contributed by atoms with Gasteiger partial charge in [-0.25, -0.2) is 0 Å². The summed E-state index contributed by atoms with van der Waals surface area (Å²) in [4.78, 5) is 0.404. The van der Waals surface area contributed by atoms with E-state index in [9.17, 15) is 0 Å². The monoisotopic (exact) mass is 302 g/mol. The molecule has 1 aromatic rings. The van der Waals surface area contributed by atoms with Gasteiger partial charge in [-0.3, -0.25) is 0 Å². The lowest BCUT2D eigenvalue weighted by atomic mass is 10.2. The van der Waals surface area contributed by atoms with Crippen LogP contribution in [0.25, 0.3) is 0 Å². The van der Waals surface area contributed by atoms with Crippen LogP contribution in [0.3, 0.4) is 0 Å². The molecule has 0 unspecified atom stereocenters. The number of halogens is 1. The first-order valence-electron chi connectivity index (χ1n) is 5.06. The molecule has 0 amide bonds. The van der Waals surface area contributed by atoms with Crippen molar-refractivity contribution in [3.8, 4) is 0 Å². The van der Waals surface area contributed by atoms with Crippen LogP contribution in [0.15, 0.2) is 22.7 Å². The summed E-state index contributed by atoms with van der Waals surface area (Å²) >= 11 is 8.37. The number of thiocarbonyl (C=S) groups is 1. The van der Waals surface area contributed by atoms with Gasteiger partial charge in [0.2, 0.25) is 0 Å². The Bertz CT molecular complexity index is 371. The third-order valence-corrected chi connectivity index (χ3v) is 2.91. The topological polar surface area (TPSA) is 47.3 Å². The lowest BCUT2D eigenvalue weighted by molar-refractivity contribution is 0.158. The lowest BCUT2D eigenvalue weighted by Gasteiger charge is -2.09. The summed E-state index contributed by atoms with van der Waals surface area (Å²) in [5, 5.41) is 3.26. The van der Waals surface area contributed by atoms with Gasteiger partial charge in [0.15, 0.2) is 0 Å². The predicted octanol–water partition coefficient (Wildman–Crippen LogP) is 2.53. The molecule has 0 saturated heterocycles. The van der Waals surface area contributed by atoms with Crippen LogP contribution in [0.5, 0.6) is 0 Å². The highest BCUT2D eigenvalue weighted by Crippen LogP contribution is 2.23. The lowest BCUT2D eigenvalue weighted by Crippen LogP contribution is -2.11. The van der Waals surface area contributed by atoms with Crippen molar-refractivity contribution in [2.75, 3.05) is 25.1 Å². The predicted molar refractivity (Wildman–Crippen MR) is 75.0 cm³/mol. The number of benzene rings is 1. The van der Waals surface area contributed by atoms with E-state index in [1.54, 1.807) is 0 Å². The molecule has 0 aliphatic carbocycles.